The molecule has 0 aromatic heterocycles. The average molecular weight is 270 g/mol. The molecule has 0 spiro atoms. The number of urea groups is 1. The van der Waals surface area contributed by atoms with Gasteiger partial charge in [-0.15, -0.1) is 0 Å². The summed E-state index contributed by atoms with van der Waals surface area (Å²) in [6.07, 6.45) is 3.07. The van der Waals surface area contributed by atoms with Gasteiger partial charge in [0.1, 0.15) is 6.04 Å². The number of hydrogen-bond acceptors (Lipinski definition) is 2. The molecule has 1 heterocycles. The molecule has 1 rings (SSSR count). The summed E-state index contributed by atoms with van der Waals surface area (Å²) in [6.45, 7) is 8.60. The number of amides is 2. The number of carbonyl (C=O) groups is 2. The molecule has 1 aliphatic rings. The fraction of sp³-hybridized carbons (Fsp3) is 0.857. The first-order valence-corrected chi connectivity index (χ1v) is 7.14. The van der Waals surface area contributed by atoms with Gasteiger partial charge in [0.2, 0.25) is 0 Å². The molecule has 0 aromatic rings. The molecule has 5 heteroatoms. The van der Waals surface area contributed by atoms with E-state index in [0.717, 1.165) is 19.3 Å². The molecule has 0 saturated carbocycles. The van der Waals surface area contributed by atoms with E-state index >= 15 is 0 Å². The van der Waals surface area contributed by atoms with Crippen molar-refractivity contribution in [1.82, 2.24) is 10.2 Å². The average Bonchev–Trinajstić information content (AvgIpc) is 2.38. The maximum atomic E-state index is 12.3. The van der Waals surface area contributed by atoms with Crippen molar-refractivity contribution in [1.29, 1.82) is 0 Å². The Bertz CT molecular complexity index is 340. The van der Waals surface area contributed by atoms with Crippen LogP contribution in [0.4, 0.5) is 4.79 Å². The van der Waals surface area contributed by atoms with E-state index in [2.05, 4.69) is 5.32 Å². The summed E-state index contributed by atoms with van der Waals surface area (Å²) in [7, 11) is 0. The molecule has 110 valence electrons. The van der Waals surface area contributed by atoms with E-state index in [1.54, 1.807) is 0 Å². The molecule has 0 radical (unpaired) electrons. The van der Waals surface area contributed by atoms with Crippen molar-refractivity contribution in [2.45, 2.75) is 65.0 Å². The topological polar surface area (TPSA) is 69.6 Å². The van der Waals surface area contributed by atoms with Gasteiger partial charge in [-0.1, -0.05) is 20.8 Å². The van der Waals surface area contributed by atoms with Gasteiger partial charge in [-0.3, -0.25) is 0 Å². The lowest BCUT2D eigenvalue weighted by molar-refractivity contribution is -0.143. The summed E-state index contributed by atoms with van der Waals surface area (Å²) in [4.78, 5) is 25.1. The van der Waals surface area contributed by atoms with Gasteiger partial charge in [0.15, 0.2) is 0 Å². The highest BCUT2D eigenvalue weighted by Crippen LogP contribution is 2.24. The molecule has 2 atom stereocenters. The highest BCUT2D eigenvalue weighted by molar-refractivity contribution is 5.83. The minimum absolute atomic E-state index is 0.245. The largest absolute Gasteiger partial charge is 0.480 e. The van der Waals surface area contributed by atoms with Crippen LogP contribution >= 0.6 is 0 Å². The summed E-state index contributed by atoms with van der Waals surface area (Å²) < 4.78 is 0. The number of carboxylic acid groups (broad SMARTS) is 1. The summed E-state index contributed by atoms with van der Waals surface area (Å²) in [6, 6.07) is -0.938. The Kier molecular flexibility index (Phi) is 5.20. The third kappa shape index (κ3) is 3.85. The number of piperidine rings is 1. The minimum Gasteiger partial charge on any atom is -0.480 e. The fourth-order valence-electron chi connectivity index (χ4n) is 2.38. The maximum absolute atomic E-state index is 12.3. The zero-order valence-electron chi connectivity index (χ0n) is 12.4. The molecular formula is C14H26N2O3. The van der Waals surface area contributed by atoms with Gasteiger partial charge >= 0.3 is 12.0 Å². The van der Waals surface area contributed by atoms with Gasteiger partial charge in [-0.05, 0) is 38.5 Å². The van der Waals surface area contributed by atoms with Gasteiger partial charge in [0.05, 0.1) is 0 Å². The van der Waals surface area contributed by atoms with E-state index in [9.17, 15) is 14.7 Å². The molecule has 2 N–H and O–H groups in total. The fourth-order valence-corrected chi connectivity index (χ4v) is 2.38. The Morgan fingerprint density at radius 1 is 1.37 bits per heavy atom. The van der Waals surface area contributed by atoms with Gasteiger partial charge in [0.25, 0.3) is 0 Å². The van der Waals surface area contributed by atoms with Crippen molar-refractivity contribution >= 4 is 12.0 Å². The Balaban J connectivity index is 2.76. The van der Waals surface area contributed by atoms with E-state index in [1.807, 2.05) is 27.7 Å². The Morgan fingerprint density at radius 3 is 2.42 bits per heavy atom. The lowest BCUT2D eigenvalue weighted by atomic mass is 9.92. The van der Waals surface area contributed by atoms with Gasteiger partial charge < -0.3 is 15.3 Å². The van der Waals surface area contributed by atoms with Crippen LogP contribution in [-0.4, -0.2) is 40.1 Å². The van der Waals surface area contributed by atoms with Crippen molar-refractivity contribution in [3.05, 3.63) is 0 Å². The lowest BCUT2D eigenvalue weighted by Crippen LogP contribution is -2.57. The van der Waals surface area contributed by atoms with E-state index < -0.39 is 12.0 Å². The quantitative estimate of drug-likeness (QED) is 0.824. The highest BCUT2D eigenvalue weighted by atomic mass is 16.4. The number of nitrogens with zero attached hydrogens (tertiary/aromatic N) is 1. The zero-order valence-corrected chi connectivity index (χ0v) is 12.4. The van der Waals surface area contributed by atoms with Crippen LogP contribution < -0.4 is 5.32 Å². The Morgan fingerprint density at radius 2 is 1.95 bits per heavy atom. The molecule has 5 nitrogen and oxygen atoms in total. The smallest absolute Gasteiger partial charge is 0.326 e. The molecular weight excluding hydrogens is 244 g/mol. The number of likely N-dealkylation sites (tertiary alicyclic amines) is 1. The van der Waals surface area contributed by atoms with Crippen LogP contribution in [0, 0.1) is 5.92 Å². The van der Waals surface area contributed by atoms with Crippen LogP contribution in [0.25, 0.3) is 0 Å². The number of hydrogen-bond donors (Lipinski definition) is 2. The SMILES string of the molecule is CCC(C)(CC)NC(=O)N1CCC(C)CC1C(=O)O. The Hall–Kier alpha value is -1.26. The lowest BCUT2D eigenvalue weighted by Gasteiger charge is -2.39. The predicted molar refractivity (Wildman–Crippen MR) is 74.0 cm³/mol. The third-order valence-electron chi connectivity index (χ3n) is 4.38. The molecule has 19 heavy (non-hydrogen) atoms. The maximum Gasteiger partial charge on any atom is 0.326 e. The Labute approximate surface area is 115 Å². The monoisotopic (exact) mass is 270 g/mol. The van der Waals surface area contributed by atoms with Crippen LogP contribution in [0.1, 0.15) is 53.4 Å². The second-order valence-corrected chi connectivity index (χ2v) is 5.87. The zero-order chi connectivity index (χ0) is 14.6. The first-order valence-electron chi connectivity index (χ1n) is 7.14. The van der Waals surface area contributed by atoms with Crippen LogP contribution in [-0.2, 0) is 4.79 Å². The molecule has 0 aliphatic carbocycles. The van der Waals surface area contributed by atoms with E-state index in [-0.39, 0.29) is 11.6 Å². The van der Waals surface area contributed by atoms with Crippen LogP contribution in [0.2, 0.25) is 0 Å². The standard InChI is InChI=1S/C14H26N2O3/c1-5-14(4,6-2)15-13(19)16-8-7-10(3)9-11(16)12(17)18/h10-11H,5-9H2,1-4H3,(H,15,19)(H,17,18). The summed E-state index contributed by atoms with van der Waals surface area (Å²) in [5.41, 5.74) is -0.261. The van der Waals surface area contributed by atoms with E-state index in [4.69, 9.17) is 0 Å². The second-order valence-electron chi connectivity index (χ2n) is 5.87. The molecule has 1 aliphatic heterocycles. The number of carboxylic acids is 1. The van der Waals surface area contributed by atoms with E-state index in [0.29, 0.717) is 18.9 Å². The predicted octanol–water partition coefficient (Wildman–Crippen LogP) is 2.46. The van der Waals surface area contributed by atoms with Crippen LogP contribution in [0.15, 0.2) is 0 Å². The number of nitrogens with one attached hydrogen (secondary N) is 1. The second kappa shape index (κ2) is 6.26. The van der Waals surface area contributed by atoms with Crippen LogP contribution in [0.3, 0.4) is 0 Å². The normalized spacial score (nSPS) is 24.1. The third-order valence-corrected chi connectivity index (χ3v) is 4.38. The first-order chi connectivity index (χ1) is 8.83. The molecule has 2 unspecified atom stereocenters. The minimum atomic E-state index is -0.906. The molecule has 0 aromatic carbocycles. The van der Waals surface area contributed by atoms with Gasteiger partial charge in [0, 0.05) is 12.1 Å². The van der Waals surface area contributed by atoms with Crippen molar-refractivity contribution in [2.24, 2.45) is 5.92 Å². The van der Waals surface area contributed by atoms with E-state index in [1.165, 1.54) is 4.90 Å². The van der Waals surface area contributed by atoms with Crippen LogP contribution in [0.5, 0.6) is 0 Å². The molecule has 2 amide bonds. The number of rotatable bonds is 4. The van der Waals surface area contributed by atoms with Crippen molar-refractivity contribution in [3.63, 3.8) is 0 Å². The van der Waals surface area contributed by atoms with Crippen molar-refractivity contribution in [3.8, 4) is 0 Å². The van der Waals surface area contributed by atoms with Gasteiger partial charge in [-0.2, -0.15) is 0 Å². The summed E-state index contributed by atoms with van der Waals surface area (Å²) >= 11 is 0. The van der Waals surface area contributed by atoms with Gasteiger partial charge in [-0.25, -0.2) is 9.59 Å². The number of carbonyl (C=O) groups excluding carboxylic acids is 1. The van der Waals surface area contributed by atoms with Crippen molar-refractivity contribution < 1.29 is 14.7 Å². The summed E-state index contributed by atoms with van der Waals surface area (Å²) in [5, 5.41) is 12.3. The van der Waals surface area contributed by atoms with Crippen molar-refractivity contribution in [2.75, 3.05) is 6.54 Å². The highest BCUT2D eigenvalue weighted by Gasteiger charge is 2.36. The molecule has 1 saturated heterocycles. The molecule has 1 fully saturated rings. The summed E-state index contributed by atoms with van der Waals surface area (Å²) in [5.74, 6) is -0.551. The molecule has 0 bridgehead atoms. The number of aliphatic carboxylic acids is 1. The first kappa shape index (κ1) is 15.8.